The van der Waals surface area contributed by atoms with E-state index in [1.165, 1.54) is 11.3 Å². The number of carbonyl (C=O) groups excluding carboxylic acids is 2. The zero-order valence-corrected chi connectivity index (χ0v) is 12.8. The van der Waals surface area contributed by atoms with Gasteiger partial charge in [-0.1, -0.05) is 23.5 Å². The fourth-order valence-corrected chi connectivity index (χ4v) is 3.38. The molecule has 6 nitrogen and oxygen atoms in total. The summed E-state index contributed by atoms with van der Waals surface area (Å²) >= 11 is 1.17. The summed E-state index contributed by atoms with van der Waals surface area (Å²) in [5.41, 5.74) is 7.69. The molecule has 7 heteroatoms. The molecule has 1 aromatic carbocycles. The van der Waals surface area contributed by atoms with Crippen LogP contribution in [0.5, 0.6) is 5.75 Å². The average molecular weight is 315 g/mol. The lowest BCUT2D eigenvalue weighted by Crippen LogP contribution is -2.11. The van der Waals surface area contributed by atoms with E-state index in [0.29, 0.717) is 32.7 Å². The predicted molar refractivity (Wildman–Crippen MR) is 83.7 cm³/mol. The van der Waals surface area contributed by atoms with Gasteiger partial charge in [0, 0.05) is 11.3 Å². The van der Waals surface area contributed by atoms with Gasteiger partial charge in [-0.2, -0.15) is 0 Å². The number of hydrogen-bond donors (Lipinski definition) is 1. The van der Waals surface area contributed by atoms with Crippen LogP contribution in [0.4, 0.5) is 0 Å². The number of amides is 1. The second-order valence-electron chi connectivity index (χ2n) is 4.69. The molecule has 0 atom stereocenters. The number of imidazole rings is 1. The Kier molecular flexibility index (Phi) is 3.42. The summed E-state index contributed by atoms with van der Waals surface area (Å²) in [6.45, 7) is 1.74. The number of fused-ring (bicyclic) bond motifs is 1. The lowest BCUT2D eigenvalue weighted by Gasteiger charge is -2.03. The third-order valence-electron chi connectivity index (χ3n) is 3.42. The summed E-state index contributed by atoms with van der Waals surface area (Å²) in [6, 6.07) is 7.31. The van der Waals surface area contributed by atoms with Gasteiger partial charge < -0.3 is 10.5 Å². The first kappa shape index (κ1) is 14.3. The van der Waals surface area contributed by atoms with E-state index >= 15 is 0 Å². The van der Waals surface area contributed by atoms with Crippen molar-refractivity contribution in [2.75, 3.05) is 7.11 Å². The van der Waals surface area contributed by atoms with Crippen LogP contribution in [0.1, 0.15) is 25.9 Å². The van der Waals surface area contributed by atoms with Crippen LogP contribution >= 0.6 is 11.3 Å². The van der Waals surface area contributed by atoms with Crippen LogP contribution < -0.4 is 10.5 Å². The Labute approximate surface area is 130 Å². The van der Waals surface area contributed by atoms with Gasteiger partial charge in [-0.25, -0.2) is 4.98 Å². The highest BCUT2D eigenvalue weighted by Crippen LogP contribution is 2.31. The van der Waals surface area contributed by atoms with Crippen LogP contribution in [0.15, 0.2) is 24.3 Å². The first-order valence-corrected chi connectivity index (χ1v) is 7.29. The molecular formula is C15H13N3O3S. The van der Waals surface area contributed by atoms with Crippen LogP contribution in [0.2, 0.25) is 0 Å². The van der Waals surface area contributed by atoms with Crippen LogP contribution in [0.25, 0.3) is 16.2 Å². The Morgan fingerprint density at radius 1 is 1.45 bits per heavy atom. The highest BCUT2D eigenvalue weighted by atomic mass is 32.1. The summed E-state index contributed by atoms with van der Waals surface area (Å²) in [5.74, 6) is 0.160. The zero-order chi connectivity index (χ0) is 15.9. The Hall–Kier alpha value is -2.67. The number of methoxy groups -OCH3 is 1. The lowest BCUT2D eigenvalue weighted by atomic mass is 10.1. The summed E-state index contributed by atoms with van der Waals surface area (Å²) in [7, 11) is 1.58. The Morgan fingerprint density at radius 3 is 2.86 bits per heavy atom. The van der Waals surface area contributed by atoms with Crippen LogP contribution in [0.3, 0.4) is 0 Å². The molecule has 0 bridgehead atoms. The molecule has 0 saturated carbocycles. The summed E-state index contributed by atoms with van der Waals surface area (Å²) in [4.78, 5) is 28.4. The Morgan fingerprint density at radius 2 is 2.23 bits per heavy atom. The van der Waals surface area contributed by atoms with Crippen molar-refractivity contribution in [3.05, 3.63) is 40.5 Å². The molecule has 0 radical (unpaired) electrons. The fraction of sp³-hybridized carbons (Fsp3) is 0.133. The molecule has 2 heterocycles. The first-order valence-electron chi connectivity index (χ1n) is 6.48. The number of primary amides is 1. The van der Waals surface area contributed by atoms with Crippen molar-refractivity contribution in [1.82, 2.24) is 9.38 Å². The normalized spacial score (nSPS) is 10.8. The maximum Gasteiger partial charge on any atom is 0.260 e. The van der Waals surface area contributed by atoms with Crippen LogP contribution in [0, 0.1) is 6.92 Å². The minimum absolute atomic E-state index is 0.393. The molecule has 0 unspecified atom stereocenters. The highest BCUT2D eigenvalue weighted by molar-refractivity contribution is 7.19. The van der Waals surface area contributed by atoms with Gasteiger partial charge in [-0.3, -0.25) is 14.0 Å². The minimum Gasteiger partial charge on any atom is -0.497 e. The number of aryl methyl sites for hydroxylation is 1. The van der Waals surface area contributed by atoms with Crippen molar-refractivity contribution in [3.63, 3.8) is 0 Å². The molecule has 0 spiro atoms. The number of nitrogens with two attached hydrogens (primary N) is 1. The van der Waals surface area contributed by atoms with Gasteiger partial charge in [0.05, 0.1) is 7.11 Å². The molecule has 22 heavy (non-hydrogen) atoms. The molecule has 112 valence electrons. The van der Waals surface area contributed by atoms with Gasteiger partial charge in [-0.05, 0) is 19.1 Å². The molecule has 3 rings (SSSR count). The molecule has 2 aromatic heterocycles. The van der Waals surface area contributed by atoms with Crippen molar-refractivity contribution >= 4 is 28.5 Å². The molecule has 0 aliphatic heterocycles. The van der Waals surface area contributed by atoms with E-state index < -0.39 is 5.91 Å². The number of nitrogens with zero attached hydrogens (tertiary/aromatic N) is 2. The first-order chi connectivity index (χ1) is 10.6. The molecule has 3 aromatic rings. The van der Waals surface area contributed by atoms with Gasteiger partial charge in [0.15, 0.2) is 11.2 Å². The van der Waals surface area contributed by atoms with E-state index in [1.54, 1.807) is 18.4 Å². The van der Waals surface area contributed by atoms with Crippen LogP contribution in [-0.4, -0.2) is 28.7 Å². The SMILES string of the molecule is COc1cccc(-c2nc3sc(C(N)=O)c(C)n3c2C=O)c1. The molecule has 0 aliphatic rings. The second kappa shape index (κ2) is 5.27. The quantitative estimate of drug-likeness (QED) is 0.748. The molecule has 0 saturated heterocycles. The van der Waals surface area contributed by atoms with E-state index in [9.17, 15) is 9.59 Å². The lowest BCUT2D eigenvalue weighted by molar-refractivity contribution is 0.100. The van der Waals surface area contributed by atoms with E-state index in [1.807, 2.05) is 24.3 Å². The predicted octanol–water partition coefficient (Wildman–Crippen LogP) is 2.29. The molecule has 0 fully saturated rings. The Balaban J connectivity index is 2.27. The number of carbonyl (C=O) groups is 2. The van der Waals surface area contributed by atoms with Crippen molar-refractivity contribution < 1.29 is 14.3 Å². The van der Waals surface area contributed by atoms with E-state index in [4.69, 9.17) is 10.5 Å². The number of benzene rings is 1. The van der Waals surface area contributed by atoms with Gasteiger partial charge in [-0.15, -0.1) is 0 Å². The van der Waals surface area contributed by atoms with Gasteiger partial charge >= 0.3 is 0 Å². The molecule has 0 aliphatic carbocycles. The number of rotatable bonds is 4. The molecule has 1 amide bonds. The van der Waals surface area contributed by atoms with Crippen molar-refractivity contribution in [2.45, 2.75) is 6.92 Å². The molecule has 2 N–H and O–H groups in total. The topological polar surface area (TPSA) is 86.7 Å². The van der Waals surface area contributed by atoms with Crippen molar-refractivity contribution in [2.24, 2.45) is 5.73 Å². The zero-order valence-electron chi connectivity index (χ0n) is 12.0. The summed E-state index contributed by atoms with van der Waals surface area (Å²) in [5, 5.41) is 0. The van der Waals surface area contributed by atoms with Crippen molar-refractivity contribution in [1.29, 1.82) is 0 Å². The number of hydrogen-bond acceptors (Lipinski definition) is 5. The highest BCUT2D eigenvalue weighted by Gasteiger charge is 2.21. The van der Waals surface area contributed by atoms with Gasteiger partial charge in [0.25, 0.3) is 5.91 Å². The summed E-state index contributed by atoms with van der Waals surface area (Å²) in [6.07, 6.45) is 0.735. The van der Waals surface area contributed by atoms with E-state index in [0.717, 1.165) is 11.8 Å². The largest absolute Gasteiger partial charge is 0.497 e. The van der Waals surface area contributed by atoms with Gasteiger partial charge in [0.1, 0.15) is 22.0 Å². The maximum absolute atomic E-state index is 11.6. The number of ether oxygens (including phenoxy) is 1. The monoisotopic (exact) mass is 315 g/mol. The fourth-order valence-electron chi connectivity index (χ4n) is 2.39. The third kappa shape index (κ3) is 2.06. The standard InChI is InChI=1S/C15H13N3O3S/c1-8-13(14(16)20)22-15-17-12(11(7-19)18(8)15)9-4-3-5-10(6-9)21-2/h3-7H,1-2H3,(H2,16,20). The average Bonchev–Trinajstić information content (AvgIpc) is 3.04. The Bertz CT molecular complexity index is 895. The number of aromatic nitrogens is 2. The van der Waals surface area contributed by atoms with Crippen molar-refractivity contribution in [3.8, 4) is 17.0 Å². The van der Waals surface area contributed by atoms with Crippen LogP contribution in [-0.2, 0) is 0 Å². The second-order valence-corrected chi connectivity index (χ2v) is 5.67. The smallest absolute Gasteiger partial charge is 0.260 e. The maximum atomic E-state index is 11.6. The van der Waals surface area contributed by atoms with Gasteiger partial charge in [0.2, 0.25) is 0 Å². The number of aldehydes is 1. The van der Waals surface area contributed by atoms with E-state index in [-0.39, 0.29) is 0 Å². The minimum atomic E-state index is -0.521. The summed E-state index contributed by atoms with van der Waals surface area (Å²) < 4.78 is 6.86. The number of thiazole rings is 1. The third-order valence-corrected chi connectivity index (χ3v) is 4.58. The van der Waals surface area contributed by atoms with E-state index in [2.05, 4.69) is 4.98 Å². The molecular weight excluding hydrogens is 302 g/mol.